The lowest BCUT2D eigenvalue weighted by Gasteiger charge is -2.09. The molecule has 10 heteroatoms. The summed E-state index contributed by atoms with van der Waals surface area (Å²) in [6.07, 6.45) is 0.0914. The maximum absolute atomic E-state index is 9.00. The van der Waals surface area contributed by atoms with Crippen LogP contribution in [0.3, 0.4) is 0 Å². The van der Waals surface area contributed by atoms with Crippen molar-refractivity contribution in [2.75, 3.05) is 5.73 Å². The number of ether oxygens (including phenoxy) is 1. The van der Waals surface area contributed by atoms with E-state index < -0.39 is 0 Å². The first-order valence-corrected chi connectivity index (χ1v) is 9.58. The van der Waals surface area contributed by atoms with E-state index in [1.807, 2.05) is 50.2 Å². The van der Waals surface area contributed by atoms with Crippen LogP contribution in [0.15, 0.2) is 58.2 Å². The summed E-state index contributed by atoms with van der Waals surface area (Å²) < 4.78 is 12.5. The van der Waals surface area contributed by atoms with Crippen LogP contribution < -0.4 is 10.5 Å². The molecule has 4 rings (SSSR count). The lowest BCUT2D eigenvalue weighted by molar-refractivity contribution is 0.242. The maximum atomic E-state index is 9.00. The number of nitrogens with zero attached hydrogens (tertiary/aromatic N) is 6. The van der Waals surface area contributed by atoms with Gasteiger partial charge in [0.05, 0.1) is 17.5 Å². The second kappa shape index (κ2) is 8.27. The molecular weight excluding hydrogens is 398 g/mol. The lowest BCUT2D eigenvalue weighted by Crippen LogP contribution is -2.05. The number of nitrogens with two attached hydrogens (primary N) is 1. The van der Waals surface area contributed by atoms with Crippen molar-refractivity contribution < 1.29 is 14.5 Å². The van der Waals surface area contributed by atoms with E-state index in [0.29, 0.717) is 17.2 Å². The fraction of sp³-hybridized carbons (Fsp3) is 0.190. The summed E-state index contributed by atoms with van der Waals surface area (Å²) in [5.41, 5.74) is 9.13. The molecule has 0 aliphatic heterocycles. The normalized spacial score (nSPS) is 11.8. The summed E-state index contributed by atoms with van der Waals surface area (Å²) in [4.78, 5) is 4.40. The number of rotatable bonds is 6. The molecule has 0 bridgehead atoms. The van der Waals surface area contributed by atoms with Gasteiger partial charge in [-0.15, -0.1) is 5.10 Å². The minimum atomic E-state index is 0.0914. The Balaban J connectivity index is 1.61. The molecule has 0 fully saturated rings. The zero-order valence-corrected chi connectivity index (χ0v) is 17.2. The first kappa shape index (κ1) is 20.1. The molecule has 31 heavy (non-hydrogen) atoms. The molecular formula is C21H21N7O3. The quantitative estimate of drug-likeness (QED) is 0.275. The van der Waals surface area contributed by atoms with Crippen LogP contribution >= 0.6 is 0 Å². The molecule has 0 atom stereocenters. The monoisotopic (exact) mass is 419 g/mol. The molecule has 3 N–H and O–H groups in total. The van der Waals surface area contributed by atoms with Gasteiger partial charge < -0.3 is 20.2 Å². The average molecular weight is 419 g/mol. The van der Waals surface area contributed by atoms with Crippen molar-refractivity contribution in [3.63, 3.8) is 0 Å². The van der Waals surface area contributed by atoms with Gasteiger partial charge in [-0.1, -0.05) is 27.7 Å². The molecule has 0 saturated heterocycles. The van der Waals surface area contributed by atoms with Gasteiger partial charge in [0.2, 0.25) is 5.82 Å². The van der Waals surface area contributed by atoms with E-state index in [2.05, 4.69) is 25.6 Å². The molecule has 0 aliphatic carbocycles. The number of benzene rings is 2. The molecule has 2 heterocycles. The van der Waals surface area contributed by atoms with Crippen molar-refractivity contribution in [2.45, 2.75) is 26.9 Å². The number of oxime groups is 1. The summed E-state index contributed by atoms with van der Waals surface area (Å²) in [7, 11) is 0. The van der Waals surface area contributed by atoms with Crippen LogP contribution in [0.25, 0.3) is 28.7 Å². The topological polar surface area (TPSA) is 137 Å². The van der Waals surface area contributed by atoms with Crippen LogP contribution in [0.1, 0.15) is 26.3 Å². The Morgan fingerprint density at radius 2 is 1.97 bits per heavy atom. The third-order valence-corrected chi connectivity index (χ3v) is 4.48. The molecule has 0 spiro atoms. The fourth-order valence-corrected chi connectivity index (χ4v) is 2.94. The van der Waals surface area contributed by atoms with Crippen LogP contribution in [-0.4, -0.2) is 42.2 Å². The Hall–Kier alpha value is -4.21. The Kier molecular flexibility index (Phi) is 5.35. The molecule has 10 nitrogen and oxygen atoms in total. The molecule has 2 aromatic heterocycles. The Labute approximate surface area is 178 Å². The van der Waals surface area contributed by atoms with E-state index in [1.165, 1.54) is 4.68 Å². The van der Waals surface area contributed by atoms with Crippen molar-refractivity contribution in [3.05, 3.63) is 54.1 Å². The van der Waals surface area contributed by atoms with Crippen LogP contribution in [0.5, 0.6) is 5.75 Å². The van der Waals surface area contributed by atoms with Gasteiger partial charge in [0.1, 0.15) is 5.75 Å². The maximum Gasteiger partial charge on any atom is 0.282 e. The third-order valence-electron chi connectivity index (χ3n) is 4.48. The van der Waals surface area contributed by atoms with Crippen molar-refractivity contribution in [1.29, 1.82) is 0 Å². The van der Waals surface area contributed by atoms with Crippen LogP contribution in [0, 0.1) is 0 Å². The van der Waals surface area contributed by atoms with Gasteiger partial charge in [-0.2, -0.15) is 9.67 Å². The summed E-state index contributed by atoms with van der Waals surface area (Å²) >= 11 is 0. The van der Waals surface area contributed by atoms with E-state index in [9.17, 15) is 0 Å². The number of anilines is 1. The van der Waals surface area contributed by atoms with E-state index in [4.69, 9.17) is 20.2 Å². The number of aromatic nitrogens is 5. The molecule has 2 aromatic carbocycles. The predicted octanol–water partition coefficient (Wildman–Crippen LogP) is 3.55. The second-order valence-electron chi connectivity index (χ2n) is 7.08. The smallest absolute Gasteiger partial charge is 0.282 e. The van der Waals surface area contributed by atoms with Crippen molar-refractivity contribution in [2.24, 2.45) is 5.16 Å². The predicted molar refractivity (Wildman–Crippen MR) is 114 cm³/mol. The first-order chi connectivity index (χ1) is 15.0. The van der Waals surface area contributed by atoms with Gasteiger partial charge in [-0.3, -0.25) is 0 Å². The highest BCUT2D eigenvalue weighted by molar-refractivity contribution is 5.98. The molecule has 0 amide bonds. The van der Waals surface area contributed by atoms with Crippen LogP contribution in [0.2, 0.25) is 0 Å². The van der Waals surface area contributed by atoms with Gasteiger partial charge in [-0.05, 0) is 57.2 Å². The Bertz CT molecular complexity index is 1230. The van der Waals surface area contributed by atoms with E-state index in [0.717, 1.165) is 16.9 Å². The average Bonchev–Trinajstić information content (AvgIpc) is 3.40. The lowest BCUT2D eigenvalue weighted by atomic mass is 10.1. The molecule has 0 aliphatic rings. The number of hydrogen-bond donors (Lipinski definition) is 2. The largest absolute Gasteiger partial charge is 0.491 e. The zero-order chi connectivity index (χ0) is 22.0. The Morgan fingerprint density at radius 3 is 2.68 bits per heavy atom. The van der Waals surface area contributed by atoms with Gasteiger partial charge in [0.15, 0.2) is 11.5 Å². The highest BCUT2D eigenvalue weighted by Crippen LogP contribution is 2.27. The molecule has 4 aromatic rings. The van der Waals surface area contributed by atoms with Crippen molar-refractivity contribution in [1.82, 2.24) is 25.1 Å². The Morgan fingerprint density at radius 1 is 1.19 bits per heavy atom. The van der Waals surface area contributed by atoms with Crippen molar-refractivity contribution in [3.8, 4) is 34.4 Å². The van der Waals surface area contributed by atoms with E-state index in [-0.39, 0.29) is 23.5 Å². The second-order valence-corrected chi connectivity index (χ2v) is 7.08. The molecule has 0 unspecified atom stereocenters. The highest BCUT2D eigenvalue weighted by Gasteiger charge is 2.20. The standard InChI is InChI=1S/C21H21N7O3/c1-12(2)30-17-9-7-14(8-10-17)20-23-21(31-26-20)18-19(22)28(27-24-18)16-6-4-5-15(11-16)13(3)25-29/h4-12,29H,22H2,1-3H3/b25-13+. The van der Waals surface area contributed by atoms with Crippen molar-refractivity contribution >= 4 is 11.5 Å². The number of nitrogen functional groups attached to an aromatic ring is 1. The highest BCUT2D eigenvalue weighted by atomic mass is 16.5. The summed E-state index contributed by atoms with van der Waals surface area (Å²) in [5.74, 6) is 1.56. The molecule has 0 saturated carbocycles. The molecule has 0 radical (unpaired) electrons. The minimum absolute atomic E-state index is 0.0914. The summed E-state index contributed by atoms with van der Waals surface area (Å²) in [6, 6.07) is 14.6. The summed E-state index contributed by atoms with van der Waals surface area (Å²) in [5, 5.41) is 24.4. The summed E-state index contributed by atoms with van der Waals surface area (Å²) in [6.45, 7) is 5.62. The SMILES string of the molecule is C/C(=N\O)c1cccc(-n2nnc(-c3nc(-c4ccc(OC(C)C)cc4)no3)c2N)c1. The van der Waals surface area contributed by atoms with Gasteiger partial charge in [-0.25, -0.2) is 0 Å². The zero-order valence-electron chi connectivity index (χ0n) is 17.2. The van der Waals surface area contributed by atoms with Gasteiger partial charge in [0, 0.05) is 11.1 Å². The van der Waals surface area contributed by atoms with Gasteiger partial charge >= 0.3 is 0 Å². The molecule has 158 valence electrons. The van der Waals surface area contributed by atoms with Gasteiger partial charge in [0.25, 0.3) is 5.89 Å². The fourth-order valence-electron chi connectivity index (χ4n) is 2.94. The van der Waals surface area contributed by atoms with Crippen LogP contribution in [-0.2, 0) is 0 Å². The van der Waals surface area contributed by atoms with E-state index >= 15 is 0 Å². The first-order valence-electron chi connectivity index (χ1n) is 9.58. The van der Waals surface area contributed by atoms with Crippen LogP contribution in [0.4, 0.5) is 5.82 Å². The number of hydrogen-bond acceptors (Lipinski definition) is 9. The minimum Gasteiger partial charge on any atom is -0.491 e. The third kappa shape index (κ3) is 4.08. The van der Waals surface area contributed by atoms with E-state index in [1.54, 1.807) is 19.1 Å².